The maximum absolute atomic E-state index is 12.1. The molecule has 2 rings (SSSR count). The zero-order valence-corrected chi connectivity index (χ0v) is 15.9. The van der Waals surface area contributed by atoms with Crippen LogP contribution in [0.15, 0.2) is 39.0 Å². The zero-order valence-electron chi connectivity index (χ0n) is 15.9. The number of benzene rings is 1. The second-order valence-electron chi connectivity index (χ2n) is 6.13. The van der Waals surface area contributed by atoms with Crippen molar-refractivity contribution in [2.24, 2.45) is 5.10 Å². The van der Waals surface area contributed by atoms with E-state index in [9.17, 15) is 19.5 Å². The summed E-state index contributed by atoms with van der Waals surface area (Å²) in [6, 6.07) is 6.33. The average Bonchev–Trinajstić information content (AvgIpc) is 2.68. The Labute approximate surface area is 161 Å². The number of methoxy groups -OCH3 is 1. The molecule has 9 nitrogen and oxygen atoms in total. The van der Waals surface area contributed by atoms with Gasteiger partial charge in [0.15, 0.2) is 0 Å². The summed E-state index contributed by atoms with van der Waals surface area (Å²) in [4.78, 5) is 38.0. The van der Waals surface area contributed by atoms with Crippen LogP contribution in [-0.2, 0) is 4.79 Å². The number of rotatable bonds is 9. The molecule has 1 heterocycles. The van der Waals surface area contributed by atoms with E-state index < -0.39 is 17.1 Å². The number of hydrogen-bond acceptors (Lipinski definition) is 6. The lowest BCUT2D eigenvalue weighted by molar-refractivity contribution is -0.121. The highest BCUT2D eigenvalue weighted by Gasteiger charge is 2.14. The molecule has 0 radical (unpaired) electrons. The van der Waals surface area contributed by atoms with E-state index in [0.717, 1.165) is 36.5 Å². The normalized spacial score (nSPS) is 10.9. The first-order valence-electron chi connectivity index (χ1n) is 9.02. The molecule has 28 heavy (non-hydrogen) atoms. The van der Waals surface area contributed by atoms with Gasteiger partial charge in [-0.05, 0) is 30.7 Å². The Hall–Kier alpha value is -3.36. The monoisotopic (exact) mass is 388 g/mol. The Morgan fingerprint density at radius 1 is 1.25 bits per heavy atom. The summed E-state index contributed by atoms with van der Waals surface area (Å²) in [5, 5.41) is 14.1. The van der Waals surface area contributed by atoms with Crippen LogP contribution in [0.4, 0.5) is 0 Å². The van der Waals surface area contributed by atoms with Crippen LogP contribution in [0.2, 0.25) is 0 Å². The molecule has 1 aromatic heterocycles. The van der Waals surface area contributed by atoms with E-state index in [2.05, 4.69) is 22.4 Å². The number of ether oxygens (including phenoxy) is 1. The van der Waals surface area contributed by atoms with Crippen molar-refractivity contribution in [3.05, 3.63) is 50.7 Å². The van der Waals surface area contributed by atoms with E-state index in [1.165, 1.54) is 7.11 Å². The van der Waals surface area contributed by atoms with E-state index in [0.29, 0.717) is 17.9 Å². The number of unbranched alkanes of at least 4 members (excludes halogenated alkanes) is 3. The molecular formula is C19H24N4O5. The number of hydrogen-bond donors (Lipinski definition) is 3. The minimum Gasteiger partial charge on any atom is -0.497 e. The van der Waals surface area contributed by atoms with Gasteiger partial charge in [-0.15, -0.1) is 0 Å². The molecule has 1 amide bonds. The summed E-state index contributed by atoms with van der Waals surface area (Å²) in [6.07, 6.45) is 5.19. The van der Waals surface area contributed by atoms with Crippen LogP contribution >= 0.6 is 0 Å². The topological polar surface area (TPSA) is 126 Å². The Balaban J connectivity index is 2.20. The molecule has 0 unspecified atom stereocenters. The van der Waals surface area contributed by atoms with Crippen LogP contribution in [0.1, 0.15) is 44.6 Å². The van der Waals surface area contributed by atoms with Crippen LogP contribution < -0.4 is 21.4 Å². The van der Waals surface area contributed by atoms with Gasteiger partial charge in [0.05, 0.1) is 19.0 Å². The number of nitrogens with one attached hydrogen (secondary N) is 2. The summed E-state index contributed by atoms with van der Waals surface area (Å²) in [6.45, 7) is 2.08. The van der Waals surface area contributed by atoms with Crippen molar-refractivity contribution in [2.75, 3.05) is 7.11 Å². The van der Waals surface area contributed by atoms with Gasteiger partial charge in [0.25, 0.3) is 5.56 Å². The van der Waals surface area contributed by atoms with Gasteiger partial charge in [0.1, 0.15) is 11.3 Å². The van der Waals surface area contributed by atoms with E-state index >= 15 is 0 Å². The number of carbonyl (C=O) groups is 1. The van der Waals surface area contributed by atoms with Crippen molar-refractivity contribution in [2.45, 2.75) is 39.0 Å². The molecule has 0 fully saturated rings. The quantitative estimate of drug-likeness (QED) is 0.342. The lowest BCUT2D eigenvalue weighted by Crippen LogP contribution is -2.31. The number of H-pyrrole nitrogens is 1. The van der Waals surface area contributed by atoms with Gasteiger partial charge in [-0.2, -0.15) is 5.10 Å². The van der Waals surface area contributed by atoms with Crippen molar-refractivity contribution >= 4 is 12.1 Å². The van der Waals surface area contributed by atoms with Crippen LogP contribution in [0, 0.1) is 0 Å². The predicted octanol–water partition coefficient (Wildman–Crippen LogP) is 1.66. The molecule has 0 aliphatic rings. The Morgan fingerprint density at radius 2 is 1.96 bits per heavy atom. The summed E-state index contributed by atoms with van der Waals surface area (Å²) >= 11 is 0. The van der Waals surface area contributed by atoms with Crippen molar-refractivity contribution in [3.8, 4) is 17.3 Å². The number of carbonyl (C=O) groups excluding carboxylic acids is 1. The standard InChI is InChI=1S/C19H24N4O5/c1-3-4-5-6-7-16(24)22-20-12-15-17(25)21-19(27)23(18(15)26)13-8-10-14(28-2)11-9-13/h8-12,26H,3-7H2,1-2H3,(H,22,24)(H,21,25,27)/b20-12+. The van der Waals surface area contributed by atoms with Gasteiger partial charge in [0, 0.05) is 6.42 Å². The zero-order chi connectivity index (χ0) is 20.5. The highest BCUT2D eigenvalue weighted by atomic mass is 16.5. The molecule has 0 saturated heterocycles. The highest BCUT2D eigenvalue weighted by molar-refractivity contribution is 5.84. The average molecular weight is 388 g/mol. The molecule has 0 saturated carbocycles. The SMILES string of the molecule is CCCCCCC(=O)N/N=C/c1c(O)n(-c2ccc(OC)cc2)c(=O)[nH]c1=O. The Bertz CT molecular complexity index is 944. The number of aromatic amines is 1. The summed E-state index contributed by atoms with van der Waals surface area (Å²) in [5.74, 6) is -0.296. The van der Waals surface area contributed by atoms with Gasteiger partial charge in [0.2, 0.25) is 11.8 Å². The second-order valence-corrected chi connectivity index (χ2v) is 6.13. The largest absolute Gasteiger partial charge is 0.497 e. The number of aromatic nitrogens is 2. The van der Waals surface area contributed by atoms with Gasteiger partial charge in [-0.3, -0.25) is 14.6 Å². The number of hydrazone groups is 1. The van der Waals surface area contributed by atoms with Gasteiger partial charge in [-0.25, -0.2) is 14.8 Å². The number of nitrogens with zero attached hydrogens (tertiary/aromatic N) is 2. The van der Waals surface area contributed by atoms with E-state index in [1.807, 2.05) is 0 Å². The van der Waals surface area contributed by atoms with Crippen LogP contribution in [0.5, 0.6) is 11.6 Å². The maximum Gasteiger partial charge on any atom is 0.335 e. The van der Waals surface area contributed by atoms with Crippen molar-refractivity contribution in [1.29, 1.82) is 0 Å². The Kier molecular flexibility index (Phi) is 7.55. The fourth-order valence-electron chi connectivity index (χ4n) is 2.56. The first-order valence-corrected chi connectivity index (χ1v) is 9.02. The molecule has 2 aromatic rings. The van der Waals surface area contributed by atoms with Crippen LogP contribution in [0.3, 0.4) is 0 Å². The predicted molar refractivity (Wildman–Crippen MR) is 105 cm³/mol. The molecule has 3 N–H and O–H groups in total. The summed E-state index contributed by atoms with van der Waals surface area (Å²) in [7, 11) is 1.51. The highest BCUT2D eigenvalue weighted by Crippen LogP contribution is 2.18. The van der Waals surface area contributed by atoms with Crippen LogP contribution in [0.25, 0.3) is 5.69 Å². The molecule has 0 bridgehead atoms. The first kappa shape index (κ1) is 20.9. The Morgan fingerprint density at radius 3 is 2.61 bits per heavy atom. The third kappa shape index (κ3) is 5.32. The third-order valence-electron chi connectivity index (χ3n) is 4.09. The van der Waals surface area contributed by atoms with E-state index in [-0.39, 0.29) is 11.5 Å². The molecule has 1 aromatic carbocycles. The third-order valence-corrected chi connectivity index (χ3v) is 4.09. The maximum atomic E-state index is 12.1. The van der Waals surface area contributed by atoms with Gasteiger partial charge >= 0.3 is 5.69 Å². The number of amides is 1. The minimum absolute atomic E-state index is 0.248. The molecule has 150 valence electrons. The van der Waals surface area contributed by atoms with Crippen molar-refractivity contribution < 1.29 is 14.6 Å². The van der Waals surface area contributed by atoms with Crippen LogP contribution in [-0.4, -0.2) is 33.9 Å². The van der Waals surface area contributed by atoms with Crippen molar-refractivity contribution in [1.82, 2.24) is 15.0 Å². The van der Waals surface area contributed by atoms with Gasteiger partial charge < -0.3 is 9.84 Å². The lowest BCUT2D eigenvalue weighted by Gasteiger charge is -2.10. The molecule has 0 spiro atoms. The van der Waals surface area contributed by atoms with Crippen molar-refractivity contribution in [3.63, 3.8) is 0 Å². The second kappa shape index (κ2) is 10.1. The fourth-order valence-corrected chi connectivity index (χ4v) is 2.56. The smallest absolute Gasteiger partial charge is 0.335 e. The molecule has 0 aliphatic carbocycles. The fraction of sp³-hybridized carbons (Fsp3) is 0.368. The summed E-state index contributed by atoms with van der Waals surface area (Å²) < 4.78 is 5.98. The molecule has 0 aliphatic heterocycles. The first-order chi connectivity index (χ1) is 13.5. The minimum atomic E-state index is -0.812. The summed E-state index contributed by atoms with van der Waals surface area (Å²) in [5.41, 5.74) is 0.781. The van der Waals surface area contributed by atoms with Gasteiger partial charge in [-0.1, -0.05) is 26.2 Å². The lowest BCUT2D eigenvalue weighted by atomic mass is 10.1. The molecule has 0 atom stereocenters. The molecule has 9 heteroatoms. The number of aromatic hydroxyl groups is 1. The van der Waals surface area contributed by atoms with E-state index in [4.69, 9.17) is 4.74 Å². The molecular weight excluding hydrogens is 364 g/mol. The van der Waals surface area contributed by atoms with E-state index in [1.54, 1.807) is 24.3 Å².